The SMILES string of the molecule is O=[N+]([O-])c1cc(F)cc(F)c1NCc1ncc(Br)cc1Br. The smallest absolute Gasteiger partial charge is 0.298 e. The van der Waals surface area contributed by atoms with Gasteiger partial charge in [0.1, 0.15) is 11.5 Å². The monoisotopic (exact) mass is 421 g/mol. The van der Waals surface area contributed by atoms with E-state index in [0.29, 0.717) is 22.3 Å². The van der Waals surface area contributed by atoms with Gasteiger partial charge >= 0.3 is 0 Å². The first-order chi connectivity index (χ1) is 9.88. The Kier molecular flexibility index (Phi) is 4.84. The summed E-state index contributed by atoms with van der Waals surface area (Å²) in [6.45, 7) is 0.0389. The number of anilines is 1. The van der Waals surface area contributed by atoms with Crippen molar-refractivity contribution in [1.82, 2.24) is 4.98 Å². The molecule has 0 radical (unpaired) electrons. The van der Waals surface area contributed by atoms with Gasteiger partial charge in [0.25, 0.3) is 5.69 Å². The van der Waals surface area contributed by atoms with Gasteiger partial charge in [0.05, 0.1) is 23.2 Å². The average molecular weight is 423 g/mol. The van der Waals surface area contributed by atoms with Crippen LogP contribution in [0.1, 0.15) is 5.69 Å². The summed E-state index contributed by atoms with van der Waals surface area (Å²) < 4.78 is 28.1. The van der Waals surface area contributed by atoms with Crippen LogP contribution in [0.4, 0.5) is 20.2 Å². The van der Waals surface area contributed by atoms with Crippen LogP contribution in [0.3, 0.4) is 0 Å². The van der Waals surface area contributed by atoms with Crippen LogP contribution in [0, 0.1) is 21.7 Å². The lowest BCUT2D eigenvalue weighted by molar-refractivity contribution is -0.384. The number of nitrogens with one attached hydrogen (secondary N) is 1. The first-order valence-corrected chi connectivity index (χ1v) is 7.14. The van der Waals surface area contributed by atoms with E-state index in [1.807, 2.05) is 0 Å². The van der Waals surface area contributed by atoms with Gasteiger partial charge in [0.2, 0.25) is 0 Å². The number of nitrogens with zero attached hydrogens (tertiary/aromatic N) is 2. The molecule has 0 aliphatic heterocycles. The van der Waals surface area contributed by atoms with Crippen LogP contribution in [0.25, 0.3) is 0 Å². The fraction of sp³-hybridized carbons (Fsp3) is 0.0833. The zero-order valence-electron chi connectivity index (χ0n) is 10.2. The molecule has 0 saturated heterocycles. The van der Waals surface area contributed by atoms with Gasteiger partial charge in [-0.3, -0.25) is 15.1 Å². The summed E-state index contributed by atoms with van der Waals surface area (Å²) in [6.07, 6.45) is 1.54. The quantitative estimate of drug-likeness (QED) is 0.585. The third-order valence-corrected chi connectivity index (χ3v) is 3.67. The van der Waals surface area contributed by atoms with Gasteiger partial charge in [-0.15, -0.1) is 0 Å². The van der Waals surface area contributed by atoms with Crippen molar-refractivity contribution in [3.63, 3.8) is 0 Å². The van der Waals surface area contributed by atoms with E-state index in [-0.39, 0.29) is 12.2 Å². The second kappa shape index (κ2) is 6.44. The van der Waals surface area contributed by atoms with Gasteiger partial charge in [-0.05, 0) is 37.9 Å². The highest BCUT2D eigenvalue weighted by Crippen LogP contribution is 2.29. The third-order valence-electron chi connectivity index (χ3n) is 2.55. The molecule has 1 N–H and O–H groups in total. The second-order valence-electron chi connectivity index (χ2n) is 3.97. The molecule has 0 bridgehead atoms. The molecule has 110 valence electrons. The minimum Gasteiger partial charge on any atom is -0.371 e. The van der Waals surface area contributed by atoms with E-state index in [1.54, 1.807) is 6.07 Å². The Bertz CT molecular complexity index is 713. The highest BCUT2D eigenvalue weighted by Gasteiger charge is 2.20. The van der Waals surface area contributed by atoms with Crippen molar-refractivity contribution in [3.8, 4) is 0 Å². The molecule has 0 atom stereocenters. The lowest BCUT2D eigenvalue weighted by Gasteiger charge is -2.09. The zero-order valence-corrected chi connectivity index (χ0v) is 13.4. The molecule has 0 spiro atoms. The first kappa shape index (κ1) is 15.8. The summed E-state index contributed by atoms with van der Waals surface area (Å²) in [5, 5.41) is 13.4. The molecule has 0 unspecified atom stereocenters. The van der Waals surface area contributed by atoms with Crippen molar-refractivity contribution in [1.29, 1.82) is 0 Å². The Balaban J connectivity index is 2.29. The van der Waals surface area contributed by atoms with Crippen molar-refractivity contribution < 1.29 is 13.7 Å². The normalized spacial score (nSPS) is 10.5. The zero-order chi connectivity index (χ0) is 15.6. The van der Waals surface area contributed by atoms with Crippen molar-refractivity contribution in [2.45, 2.75) is 6.54 Å². The highest BCUT2D eigenvalue weighted by molar-refractivity contribution is 9.11. The minimum absolute atomic E-state index is 0.0389. The second-order valence-corrected chi connectivity index (χ2v) is 5.74. The molecule has 5 nitrogen and oxygen atoms in total. The number of halogens is 4. The van der Waals surface area contributed by atoms with E-state index in [9.17, 15) is 18.9 Å². The molecule has 2 rings (SSSR count). The summed E-state index contributed by atoms with van der Waals surface area (Å²) in [4.78, 5) is 14.1. The fourth-order valence-electron chi connectivity index (χ4n) is 1.62. The van der Waals surface area contributed by atoms with E-state index < -0.39 is 22.2 Å². The highest BCUT2D eigenvalue weighted by atomic mass is 79.9. The number of pyridine rings is 1. The Labute approximate surface area is 134 Å². The number of hydrogen-bond donors (Lipinski definition) is 1. The summed E-state index contributed by atoms with van der Waals surface area (Å²) in [7, 11) is 0. The summed E-state index contributed by atoms with van der Waals surface area (Å²) in [5.74, 6) is -2.04. The van der Waals surface area contributed by atoms with Gasteiger partial charge in [0, 0.05) is 21.2 Å². The lowest BCUT2D eigenvalue weighted by Crippen LogP contribution is -2.07. The molecule has 2 aromatic rings. The van der Waals surface area contributed by atoms with E-state index in [0.717, 1.165) is 4.47 Å². The molecule has 1 aromatic heterocycles. The molecule has 0 amide bonds. The van der Waals surface area contributed by atoms with Gasteiger partial charge in [0.15, 0.2) is 5.82 Å². The topological polar surface area (TPSA) is 68.1 Å². The number of nitro benzene ring substituents is 1. The fourth-order valence-corrected chi connectivity index (χ4v) is 2.75. The Hall–Kier alpha value is -1.61. The standard InChI is InChI=1S/C12H7Br2F2N3O2/c13-6-1-8(14)10(17-4-6)5-18-12-9(16)2-7(15)3-11(12)19(20)21/h1-4,18H,5H2. The van der Waals surface area contributed by atoms with Crippen LogP contribution in [-0.2, 0) is 6.54 Å². The maximum absolute atomic E-state index is 13.7. The van der Waals surface area contributed by atoms with Crippen LogP contribution in [0.15, 0.2) is 33.3 Å². The molecule has 21 heavy (non-hydrogen) atoms. The van der Waals surface area contributed by atoms with E-state index in [1.165, 1.54) is 6.20 Å². The van der Waals surface area contributed by atoms with E-state index in [4.69, 9.17) is 0 Å². The van der Waals surface area contributed by atoms with Gasteiger partial charge in [-0.1, -0.05) is 0 Å². The maximum atomic E-state index is 13.7. The summed E-state index contributed by atoms with van der Waals surface area (Å²) in [6, 6.07) is 2.98. The molecule has 1 heterocycles. The van der Waals surface area contributed by atoms with Crippen LogP contribution < -0.4 is 5.32 Å². The Morgan fingerprint density at radius 2 is 2.00 bits per heavy atom. The number of nitro groups is 1. The lowest BCUT2D eigenvalue weighted by atomic mass is 10.2. The average Bonchev–Trinajstić information content (AvgIpc) is 2.38. The largest absolute Gasteiger partial charge is 0.371 e. The molecule has 0 aliphatic rings. The predicted molar refractivity (Wildman–Crippen MR) is 80.0 cm³/mol. The first-order valence-electron chi connectivity index (χ1n) is 5.55. The molecule has 1 aromatic carbocycles. The number of benzene rings is 1. The van der Waals surface area contributed by atoms with Gasteiger partial charge in [-0.2, -0.15) is 0 Å². The van der Waals surface area contributed by atoms with Crippen molar-refractivity contribution >= 4 is 43.2 Å². The summed E-state index contributed by atoms with van der Waals surface area (Å²) in [5.41, 5.74) is -0.519. The number of aromatic nitrogens is 1. The van der Waals surface area contributed by atoms with E-state index >= 15 is 0 Å². The number of rotatable bonds is 4. The molecule has 0 aliphatic carbocycles. The Morgan fingerprint density at radius 1 is 1.29 bits per heavy atom. The van der Waals surface area contributed by atoms with Crippen molar-refractivity contribution in [2.75, 3.05) is 5.32 Å². The number of hydrogen-bond acceptors (Lipinski definition) is 4. The maximum Gasteiger partial charge on any atom is 0.298 e. The molecular weight excluding hydrogens is 416 g/mol. The van der Waals surface area contributed by atoms with Crippen molar-refractivity contribution in [2.24, 2.45) is 0 Å². The van der Waals surface area contributed by atoms with Crippen LogP contribution in [0.5, 0.6) is 0 Å². The van der Waals surface area contributed by atoms with Crippen LogP contribution in [-0.4, -0.2) is 9.91 Å². The molecule has 0 saturated carbocycles. The van der Waals surface area contributed by atoms with Crippen LogP contribution >= 0.6 is 31.9 Å². The minimum atomic E-state index is -1.03. The molecule has 9 heteroatoms. The van der Waals surface area contributed by atoms with Gasteiger partial charge < -0.3 is 5.32 Å². The molecular formula is C12H7Br2F2N3O2. The van der Waals surface area contributed by atoms with Crippen LogP contribution in [0.2, 0.25) is 0 Å². The molecule has 0 fully saturated rings. The third kappa shape index (κ3) is 3.73. The summed E-state index contributed by atoms with van der Waals surface area (Å²) >= 11 is 6.52. The Morgan fingerprint density at radius 3 is 2.62 bits per heavy atom. The van der Waals surface area contributed by atoms with Gasteiger partial charge in [-0.25, -0.2) is 8.78 Å². The van der Waals surface area contributed by atoms with E-state index in [2.05, 4.69) is 42.2 Å². The predicted octanol–water partition coefficient (Wildman–Crippen LogP) is 4.41. The van der Waals surface area contributed by atoms with Crippen molar-refractivity contribution in [3.05, 3.63) is 60.8 Å².